The van der Waals surface area contributed by atoms with Crippen molar-refractivity contribution < 1.29 is 20.4 Å². The van der Waals surface area contributed by atoms with Crippen LogP contribution in [0.3, 0.4) is 0 Å². The van der Waals surface area contributed by atoms with Crippen LogP contribution in [0, 0.1) is 0 Å². The lowest BCUT2D eigenvalue weighted by molar-refractivity contribution is -0.0778. The minimum atomic E-state index is -0.951. The van der Waals surface area contributed by atoms with Gasteiger partial charge in [-0.2, -0.15) is 0 Å². The summed E-state index contributed by atoms with van der Waals surface area (Å²) < 4.78 is 0. The van der Waals surface area contributed by atoms with Gasteiger partial charge in [0.25, 0.3) is 0 Å². The van der Waals surface area contributed by atoms with Gasteiger partial charge < -0.3 is 25.7 Å². The molecular weight excluding hydrogens is 150 g/mol. The zero-order valence-corrected chi connectivity index (χ0v) is 6.01. The van der Waals surface area contributed by atoms with Crippen molar-refractivity contribution in [1.29, 1.82) is 0 Å². The normalized spacial score (nSPS) is 39.8. The summed E-state index contributed by atoms with van der Waals surface area (Å²) in [5, 5.41) is 37.9. The molecule has 1 heterocycles. The van der Waals surface area contributed by atoms with E-state index in [1.165, 1.54) is 0 Å². The molecule has 0 aromatic carbocycles. The highest BCUT2D eigenvalue weighted by atomic mass is 16.3. The molecule has 0 spiro atoms. The third-order valence-corrected chi connectivity index (χ3v) is 1.99. The fourth-order valence-corrected chi connectivity index (χ4v) is 1.19. The van der Waals surface area contributed by atoms with Crippen molar-refractivity contribution in [3.05, 3.63) is 0 Å². The maximum absolute atomic E-state index is 9.18. The number of nitrogens with one attached hydrogen (secondary N) is 1. The molecule has 1 aliphatic rings. The molecule has 0 amide bonds. The third kappa shape index (κ3) is 1.52. The van der Waals surface area contributed by atoms with Crippen molar-refractivity contribution in [2.24, 2.45) is 0 Å². The standard InChI is InChI=1S/C6H13NO4/c8-1-3-6(11)5(7-3)4(10)2-9/h3-11H,1-2H2. The Morgan fingerprint density at radius 3 is 2.36 bits per heavy atom. The van der Waals surface area contributed by atoms with Crippen molar-refractivity contribution in [1.82, 2.24) is 5.32 Å². The van der Waals surface area contributed by atoms with Gasteiger partial charge in [-0.3, -0.25) is 0 Å². The van der Waals surface area contributed by atoms with Gasteiger partial charge in [0, 0.05) is 0 Å². The van der Waals surface area contributed by atoms with E-state index in [4.69, 9.17) is 15.3 Å². The Kier molecular flexibility index (Phi) is 2.80. The molecule has 1 rings (SSSR count). The molecule has 0 bridgehead atoms. The predicted molar refractivity (Wildman–Crippen MR) is 36.9 cm³/mol. The SMILES string of the molecule is OCC(O)C1NC(CO)C1O. The monoisotopic (exact) mass is 163 g/mol. The first kappa shape index (κ1) is 8.89. The summed E-state index contributed by atoms with van der Waals surface area (Å²) in [5.41, 5.74) is 0. The van der Waals surface area contributed by atoms with E-state index in [2.05, 4.69) is 5.32 Å². The Labute approximate surface area is 64.3 Å². The molecule has 0 aromatic rings. The quantitative estimate of drug-likeness (QED) is 0.306. The Morgan fingerprint density at radius 1 is 1.36 bits per heavy atom. The van der Waals surface area contributed by atoms with Gasteiger partial charge in [0.1, 0.15) is 0 Å². The van der Waals surface area contributed by atoms with E-state index in [1.54, 1.807) is 0 Å². The fraction of sp³-hybridized carbons (Fsp3) is 1.00. The van der Waals surface area contributed by atoms with Gasteiger partial charge in [0.05, 0.1) is 37.5 Å². The number of aliphatic hydroxyl groups is 4. The molecule has 0 saturated carbocycles. The second-order valence-electron chi connectivity index (χ2n) is 2.72. The summed E-state index contributed by atoms with van der Waals surface area (Å²) in [5.74, 6) is 0. The summed E-state index contributed by atoms with van der Waals surface area (Å²) in [4.78, 5) is 0. The third-order valence-electron chi connectivity index (χ3n) is 1.99. The average molecular weight is 163 g/mol. The molecule has 5 N–H and O–H groups in total. The number of hydrogen-bond acceptors (Lipinski definition) is 5. The lowest BCUT2D eigenvalue weighted by Gasteiger charge is -2.43. The van der Waals surface area contributed by atoms with Crippen LogP contribution < -0.4 is 5.32 Å². The average Bonchev–Trinajstić information content (AvgIpc) is 2.02. The molecule has 66 valence electrons. The van der Waals surface area contributed by atoms with Crippen LogP contribution in [0.25, 0.3) is 0 Å². The van der Waals surface area contributed by atoms with Gasteiger partial charge in [-0.25, -0.2) is 0 Å². The maximum Gasteiger partial charge on any atom is 0.0949 e. The highest BCUT2D eigenvalue weighted by Gasteiger charge is 2.42. The Bertz CT molecular complexity index is 132. The summed E-state index contributed by atoms with van der Waals surface area (Å²) >= 11 is 0. The molecule has 1 aliphatic heterocycles. The van der Waals surface area contributed by atoms with E-state index in [0.717, 1.165) is 0 Å². The first-order chi connectivity index (χ1) is 5.20. The highest BCUT2D eigenvalue weighted by Crippen LogP contribution is 2.15. The van der Waals surface area contributed by atoms with Crippen molar-refractivity contribution >= 4 is 0 Å². The van der Waals surface area contributed by atoms with Gasteiger partial charge in [0.15, 0.2) is 0 Å². The van der Waals surface area contributed by atoms with Crippen LogP contribution in [-0.2, 0) is 0 Å². The molecule has 5 nitrogen and oxygen atoms in total. The van der Waals surface area contributed by atoms with Crippen molar-refractivity contribution in [3.8, 4) is 0 Å². The maximum atomic E-state index is 9.18. The largest absolute Gasteiger partial charge is 0.395 e. The van der Waals surface area contributed by atoms with Gasteiger partial charge in [-0.15, -0.1) is 0 Å². The van der Waals surface area contributed by atoms with Gasteiger partial charge in [-0.1, -0.05) is 0 Å². The first-order valence-corrected chi connectivity index (χ1v) is 3.54. The number of aliphatic hydroxyl groups excluding tert-OH is 4. The Balaban J connectivity index is 2.32. The Morgan fingerprint density at radius 2 is 2.00 bits per heavy atom. The molecule has 0 aliphatic carbocycles. The molecule has 1 fully saturated rings. The number of hydrogen-bond donors (Lipinski definition) is 5. The van der Waals surface area contributed by atoms with Gasteiger partial charge in [0.2, 0.25) is 0 Å². The van der Waals surface area contributed by atoms with E-state index in [-0.39, 0.29) is 19.3 Å². The minimum absolute atomic E-state index is 0.157. The number of rotatable bonds is 3. The van der Waals surface area contributed by atoms with Crippen molar-refractivity contribution in [2.45, 2.75) is 24.3 Å². The smallest absolute Gasteiger partial charge is 0.0949 e. The van der Waals surface area contributed by atoms with Crippen LogP contribution in [0.1, 0.15) is 0 Å². The topological polar surface area (TPSA) is 93.0 Å². The Hall–Kier alpha value is -0.200. The van der Waals surface area contributed by atoms with Crippen LogP contribution in [0.2, 0.25) is 0 Å². The zero-order valence-electron chi connectivity index (χ0n) is 6.01. The van der Waals surface area contributed by atoms with Crippen LogP contribution in [0.5, 0.6) is 0 Å². The molecule has 1 saturated heterocycles. The fourth-order valence-electron chi connectivity index (χ4n) is 1.19. The molecule has 0 radical (unpaired) electrons. The molecule has 11 heavy (non-hydrogen) atoms. The molecule has 0 aromatic heterocycles. The summed E-state index contributed by atoms with van der Waals surface area (Å²) in [6.45, 7) is -0.539. The van der Waals surface area contributed by atoms with Crippen LogP contribution in [0.15, 0.2) is 0 Å². The van der Waals surface area contributed by atoms with E-state index in [0.29, 0.717) is 0 Å². The second kappa shape index (κ2) is 3.46. The lowest BCUT2D eigenvalue weighted by Crippen LogP contribution is -2.71. The van der Waals surface area contributed by atoms with Gasteiger partial charge in [-0.05, 0) is 0 Å². The second-order valence-corrected chi connectivity index (χ2v) is 2.72. The molecular formula is C6H13NO4. The van der Waals surface area contributed by atoms with Crippen molar-refractivity contribution in [2.75, 3.05) is 13.2 Å². The van der Waals surface area contributed by atoms with E-state index >= 15 is 0 Å². The van der Waals surface area contributed by atoms with E-state index < -0.39 is 18.2 Å². The first-order valence-electron chi connectivity index (χ1n) is 3.54. The summed E-state index contributed by atoms with van der Waals surface area (Å²) in [7, 11) is 0. The summed E-state index contributed by atoms with van der Waals surface area (Å²) in [6, 6.07) is -0.863. The van der Waals surface area contributed by atoms with E-state index in [1.807, 2.05) is 0 Å². The van der Waals surface area contributed by atoms with Crippen molar-refractivity contribution in [3.63, 3.8) is 0 Å². The summed E-state index contributed by atoms with van der Waals surface area (Å²) in [6.07, 6.45) is -1.71. The van der Waals surface area contributed by atoms with Crippen LogP contribution in [0.4, 0.5) is 0 Å². The molecule has 5 heteroatoms. The van der Waals surface area contributed by atoms with Crippen LogP contribution >= 0.6 is 0 Å². The van der Waals surface area contributed by atoms with Crippen LogP contribution in [-0.4, -0.2) is 57.9 Å². The van der Waals surface area contributed by atoms with Gasteiger partial charge >= 0.3 is 0 Å². The van der Waals surface area contributed by atoms with E-state index in [9.17, 15) is 5.11 Å². The lowest BCUT2D eigenvalue weighted by atomic mass is 9.89. The molecule has 4 unspecified atom stereocenters. The highest BCUT2D eigenvalue weighted by molar-refractivity contribution is 5.01. The minimum Gasteiger partial charge on any atom is -0.395 e. The molecule has 4 atom stereocenters. The zero-order chi connectivity index (χ0) is 8.43. The predicted octanol–water partition coefficient (Wildman–Crippen LogP) is -2.97.